The molecule has 1 aromatic carbocycles. The van der Waals surface area contributed by atoms with E-state index in [2.05, 4.69) is 10.3 Å². The first-order chi connectivity index (χ1) is 9.77. The first-order valence-electron chi connectivity index (χ1n) is 5.57. The third-order valence-corrected chi connectivity index (χ3v) is 2.74. The molecule has 0 aliphatic carbocycles. The number of hydrogen-bond acceptors (Lipinski definition) is 2. The van der Waals surface area contributed by atoms with Gasteiger partial charge in [-0.2, -0.15) is 13.2 Å². The summed E-state index contributed by atoms with van der Waals surface area (Å²) < 4.78 is 50.8. The smallest absolute Gasteiger partial charge is 0.321 e. The number of carbonyl (C=O) groups excluding carboxylic acids is 1. The van der Waals surface area contributed by atoms with Gasteiger partial charge in [0.25, 0.3) is 5.91 Å². The third-order valence-electron chi connectivity index (χ3n) is 2.52. The molecule has 0 radical (unpaired) electrons. The van der Waals surface area contributed by atoms with E-state index in [0.29, 0.717) is 12.1 Å². The molecule has 110 valence electrons. The van der Waals surface area contributed by atoms with E-state index in [9.17, 15) is 22.4 Å². The highest BCUT2D eigenvalue weighted by Gasteiger charge is 2.34. The van der Waals surface area contributed by atoms with Crippen LogP contribution in [0.1, 0.15) is 15.9 Å². The Bertz CT molecular complexity index is 671. The van der Waals surface area contributed by atoms with Crippen LogP contribution in [0.4, 0.5) is 23.2 Å². The molecular weight excluding hydrogens is 312 g/mol. The minimum atomic E-state index is -4.87. The van der Waals surface area contributed by atoms with Crippen molar-refractivity contribution in [2.75, 3.05) is 5.32 Å². The zero-order chi connectivity index (χ0) is 15.6. The Morgan fingerprint density at radius 3 is 2.48 bits per heavy atom. The highest BCUT2D eigenvalue weighted by atomic mass is 35.5. The highest BCUT2D eigenvalue weighted by Crippen LogP contribution is 2.32. The van der Waals surface area contributed by atoms with Gasteiger partial charge < -0.3 is 5.32 Å². The number of halogens is 5. The van der Waals surface area contributed by atoms with Gasteiger partial charge in [-0.3, -0.25) is 4.79 Å². The molecule has 0 saturated carbocycles. The summed E-state index contributed by atoms with van der Waals surface area (Å²) in [7, 11) is 0. The average molecular weight is 319 g/mol. The summed E-state index contributed by atoms with van der Waals surface area (Å²) in [5.41, 5.74) is -1.56. The van der Waals surface area contributed by atoms with E-state index in [4.69, 9.17) is 11.6 Å². The van der Waals surface area contributed by atoms with Crippen LogP contribution in [0.2, 0.25) is 5.15 Å². The SMILES string of the molecule is O=C(Nc1ccc(Cl)nc1)c1ccc(F)c(C(F)(F)F)c1. The number of anilines is 1. The molecule has 0 fully saturated rings. The number of nitrogens with zero attached hydrogens (tertiary/aromatic N) is 1. The molecule has 0 spiro atoms. The predicted octanol–water partition coefficient (Wildman–Crippen LogP) is 4.15. The lowest BCUT2D eigenvalue weighted by Crippen LogP contribution is -2.15. The maximum Gasteiger partial charge on any atom is 0.419 e. The number of rotatable bonds is 2. The fraction of sp³-hybridized carbons (Fsp3) is 0.0769. The normalized spacial score (nSPS) is 11.3. The lowest BCUT2D eigenvalue weighted by molar-refractivity contribution is -0.140. The molecule has 1 N–H and O–H groups in total. The third kappa shape index (κ3) is 3.69. The zero-order valence-corrected chi connectivity index (χ0v) is 11.0. The molecule has 3 nitrogen and oxygen atoms in total. The molecule has 0 aliphatic rings. The second kappa shape index (κ2) is 5.69. The van der Waals surface area contributed by atoms with Gasteiger partial charge in [0.15, 0.2) is 0 Å². The predicted molar refractivity (Wildman–Crippen MR) is 68.6 cm³/mol. The van der Waals surface area contributed by atoms with Crippen LogP contribution in [-0.2, 0) is 6.18 Å². The van der Waals surface area contributed by atoms with Crippen LogP contribution in [-0.4, -0.2) is 10.9 Å². The minimum absolute atomic E-state index is 0.203. The van der Waals surface area contributed by atoms with Crippen LogP contribution in [0, 0.1) is 5.82 Å². The Hall–Kier alpha value is -2.15. The standard InChI is InChI=1S/C13H7ClF4N2O/c14-11-4-2-8(6-19-11)20-12(21)7-1-3-10(15)9(5-7)13(16,17)18/h1-6H,(H,20,21). The maximum absolute atomic E-state index is 13.1. The summed E-state index contributed by atoms with van der Waals surface area (Å²) in [6.07, 6.45) is -3.63. The highest BCUT2D eigenvalue weighted by molar-refractivity contribution is 6.29. The molecule has 0 saturated heterocycles. The Morgan fingerprint density at radius 1 is 1.19 bits per heavy atom. The van der Waals surface area contributed by atoms with Crippen molar-refractivity contribution in [1.82, 2.24) is 4.98 Å². The number of pyridine rings is 1. The van der Waals surface area contributed by atoms with Gasteiger partial charge in [0.05, 0.1) is 17.4 Å². The van der Waals surface area contributed by atoms with E-state index < -0.39 is 23.5 Å². The van der Waals surface area contributed by atoms with Crippen molar-refractivity contribution < 1.29 is 22.4 Å². The Labute approximate surface area is 121 Å². The topological polar surface area (TPSA) is 42.0 Å². The van der Waals surface area contributed by atoms with E-state index in [1.807, 2.05) is 0 Å². The molecular formula is C13H7ClF4N2O. The molecule has 0 bridgehead atoms. The van der Waals surface area contributed by atoms with Gasteiger partial charge in [0, 0.05) is 5.56 Å². The fourth-order valence-corrected chi connectivity index (χ4v) is 1.65. The Kier molecular flexibility index (Phi) is 4.13. The van der Waals surface area contributed by atoms with Crippen molar-refractivity contribution in [2.45, 2.75) is 6.18 Å². The maximum atomic E-state index is 13.1. The average Bonchev–Trinajstić information content (AvgIpc) is 2.40. The summed E-state index contributed by atoms with van der Waals surface area (Å²) in [5.74, 6) is -2.25. The number of hydrogen-bond donors (Lipinski definition) is 1. The van der Waals surface area contributed by atoms with Gasteiger partial charge >= 0.3 is 6.18 Å². The van der Waals surface area contributed by atoms with Gasteiger partial charge in [0.1, 0.15) is 11.0 Å². The molecule has 0 atom stereocenters. The molecule has 0 aliphatic heterocycles. The summed E-state index contributed by atoms with van der Waals surface area (Å²) in [6, 6.07) is 4.85. The van der Waals surface area contributed by atoms with Crippen LogP contribution in [0.5, 0.6) is 0 Å². The van der Waals surface area contributed by atoms with Gasteiger partial charge in [-0.25, -0.2) is 9.37 Å². The first kappa shape index (κ1) is 15.2. The van der Waals surface area contributed by atoms with Crippen LogP contribution in [0.15, 0.2) is 36.5 Å². The van der Waals surface area contributed by atoms with Crippen LogP contribution < -0.4 is 5.32 Å². The second-order valence-electron chi connectivity index (χ2n) is 4.02. The van der Waals surface area contributed by atoms with E-state index in [1.165, 1.54) is 18.3 Å². The van der Waals surface area contributed by atoms with Gasteiger partial charge in [-0.15, -0.1) is 0 Å². The molecule has 0 unspecified atom stereocenters. The van der Waals surface area contributed by atoms with E-state index in [0.717, 1.165) is 6.07 Å². The first-order valence-corrected chi connectivity index (χ1v) is 5.95. The lowest BCUT2D eigenvalue weighted by atomic mass is 10.1. The summed E-state index contributed by atoms with van der Waals surface area (Å²) in [4.78, 5) is 15.5. The Balaban J connectivity index is 2.25. The van der Waals surface area contributed by atoms with Crippen LogP contribution >= 0.6 is 11.6 Å². The largest absolute Gasteiger partial charge is 0.419 e. The van der Waals surface area contributed by atoms with Gasteiger partial charge in [-0.1, -0.05) is 11.6 Å². The van der Waals surface area contributed by atoms with Crippen molar-refractivity contribution in [3.8, 4) is 0 Å². The quantitative estimate of drug-likeness (QED) is 0.668. The van der Waals surface area contributed by atoms with Crippen molar-refractivity contribution in [2.24, 2.45) is 0 Å². The monoisotopic (exact) mass is 318 g/mol. The number of amides is 1. The summed E-state index contributed by atoms with van der Waals surface area (Å²) >= 11 is 5.56. The van der Waals surface area contributed by atoms with Crippen molar-refractivity contribution in [3.63, 3.8) is 0 Å². The molecule has 8 heteroatoms. The molecule has 1 amide bonds. The van der Waals surface area contributed by atoms with Crippen molar-refractivity contribution >= 4 is 23.2 Å². The molecule has 2 rings (SSSR count). The van der Waals surface area contributed by atoms with Crippen molar-refractivity contribution in [1.29, 1.82) is 0 Å². The van der Waals surface area contributed by atoms with Crippen LogP contribution in [0.3, 0.4) is 0 Å². The van der Waals surface area contributed by atoms with Crippen LogP contribution in [0.25, 0.3) is 0 Å². The summed E-state index contributed by atoms with van der Waals surface area (Å²) in [6.45, 7) is 0. The minimum Gasteiger partial charge on any atom is -0.321 e. The second-order valence-corrected chi connectivity index (χ2v) is 4.40. The number of benzene rings is 1. The summed E-state index contributed by atoms with van der Waals surface area (Å²) in [5, 5.41) is 2.54. The number of aromatic nitrogens is 1. The lowest BCUT2D eigenvalue weighted by Gasteiger charge is -2.10. The van der Waals surface area contributed by atoms with Gasteiger partial charge in [0.2, 0.25) is 0 Å². The van der Waals surface area contributed by atoms with Gasteiger partial charge in [-0.05, 0) is 30.3 Å². The van der Waals surface area contributed by atoms with E-state index in [-0.39, 0.29) is 16.4 Å². The Morgan fingerprint density at radius 2 is 1.90 bits per heavy atom. The molecule has 1 heterocycles. The number of nitrogens with one attached hydrogen (secondary N) is 1. The van der Waals surface area contributed by atoms with E-state index in [1.54, 1.807) is 0 Å². The molecule has 21 heavy (non-hydrogen) atoms. The number of alkyl halides is 3. The fourth-order valence-electron chi connectivity index (χ4n) is 1.54. The molecule has 1 aromatic heterocycles. The molecule has 2 aromatic rings. The van der Waals surface area contributed by atoms with Crippen molar-refractivity contribution in [3.05, 3.63) is 58.6 Å². The number of carbonyl (C=O) groups is 1. The zero-order valence-electron chi connectivity index (χ0n) is 10.2. The van der Waals surface area contributed by atoms with E-state index >= 15 is 0 Å².